The molecule has 0 aliphatic rings. The number of fused-ring (bicyclic) bond motifs is 1. The summed E-state index contributed by atoms with van der Waals surface area (Å²) in [5.41, 5.74) is 5.26. The summed E-state index contributed by atoms with van der Waals surface area (Å²) in [6.45, 7) is 3.85. The molecule has 1 N–H and O–H groups in total. The molecule has 3 aromatic carbocycles. The van der Waals surface area contributed by atoms with Gasteiger partial charge in [-0.2, -0.15) is 4.57 Å². The zero-order valence-corrected chi connectivity index (χ0v) is 20.3. The van der Waals surface area contributed by atoms with Crippen LogP contribution in [0.25, 0.3) is 23.1 Å². The molecule has 0 radical (unpaired) electrons. The van der Waals surface area contributed by atoms with Crippen molar-refractivity contribution in [3.05, 3.63) is 95.2 Å². The van der Waals surface area contributed by atoms with Gasteiger partial charge >= 0.3 is 0 Å². The van der Waals surface area contributed by atoms with E-state index < -0.39 is 10.1 Å². The van der Waals surface area contributed by atoms with Crippen LogP contribution < -0.4 is 9.30 Å². The van der Waals surface area contributed by atoms with Crippen molar-refractivity contribution in [2.24, 2.45) is 7.05 Å². The summed E-state index contributed by atoms with van der Waals surface area (Å²) in [6, 6.07) is 21.9. The number of para-hydroxylation sites is 1. The topological polar surface area (TPSA) is 90.5 Å². The van der Waals surface area contributed by atoms with E-state index in [4.69, 9.17) is 4.74 Å². The predicted octanol–water partition coefficient (Wildman–Crippen LogP) is 4.76. The smallest absolute Gasteiger partial charge is 0.212 e. The summed E-state index contributed by atoms with van der Waals surface area (Å²) < 4.78 is 38.3. The molecule has 0 bridgehead atoms. The second-order valence-corrected chi connectivity index (χ2v) is 9.22. The van der Waals surface area contributed by atoms with Gasteiger partial charge < -0.3 is 14.4 Å². The fourth-order valence-corrected chi connectivity index (χ4v) is 4.01. The highest BCUT2D eigenvalue weighted by Crippen LogP contribution is 2.24. The largest absolute Gasteiger partial charge is 0.744 e. The number of phenols is 1. The number of benzene rings is 3. The molecule has 0 spiro atoms. The Labute approximate surface area is 200 Å². The molecule has 0 atom stereocenters. The second kappa shape index (κ2) is 10.5. The SMILES string of the molecule is COc1ccc(S(=O)(=O)[O-])cc1.Cc1cc(C=Cc2ccc3ccccc3[n+]2C)cc(C)c1O. The fourth-order valence-electron chi connectivity index (χ4n) is 3.54. The molecule has 0 fully saturated rings. The van der Waals surface area contributed by atoms with Crippen LogP contribution in [0.15, 0.2) is 77.7 Å². The first-order valence-electron chi connectivity index (χ1n) is 10.6. The Kier molecular flexibility index (Phi) is 7.71. The first-order chi connectivity index (χ1) is 16.1. The zero-order valence-electron chi connectivity index (χ0n) is 19.5. The number of methoxy groups -OCH3 is 1. The molecule has 176 valence electrons. The fraction of sp³-hybridized carbons (Fsp3) is 0.148. The van der Waals surface area contributed by atoms with E-state index in [2.05, 4.69) is 60.2 Å². The van der Waals surface area contributed by atoms with Crippen LogP contribution in [0, 0.1) is 13.8 Å². The Morgan fingerprint density at radius 2 is 1.53 bits per heavy atom. The first kappa shape index (κ1) is 25.0. The third-order valence-corrected chi connectivity index (χ3v) is 6.28. The number of hydrogen-bond donors (Lipinski definition) is 1. The van der Waals surface area contributed by atoms with Gasteiger partial charge in [-0.25, -0.2) is 8.42 Å². The third-order valence-electron chi connectivity index (χ3n) is 5.43. The number of aryl methyl sites for hydroxylation is 3. The number of aromatic nitrogens is 1. The van der Waals surface area contributed by atoms with Crippen molar-refractivity contribution in [3.63, 3.8) is 0 Å². The number of hydrogen-bond acceptors (Lipinski definition) is 5. The Bertz CT molecular complexity index is 1420. The van der Waals surface area contributed by atoms with Crippen molar-refractivity contribution in [3.8, 4) is 11.5 Å². The van der Waals surface area contributed by atoms with Crippen LogP contribution in [0.2, 0.25) is 0 Å². The molecule has 34 heavy (non-hydrogen) atoms. The maximum absolute atomic E-state index is 10.4. The third kappa shape index (κ3) is 6.01. The standard InChI is InChI=1S/C20H19NO.C7H8O4S/c1-14-12-16(13-15(2)20(14)22)8-10-18-11-9-17-6-4-5-7-19(17)21(18)3;1-11-6-2-4-7(5-3-6)12(8,9)10/h4-13H,1-3H3;2-5H,1H3,(H,8,9,10). The summed E-state index contributed by atoms with van der Waals surface area (Å²) in [7, 11) is -0.796. The Balaban J connectivity index is 0.000000229. The molecule has 4 rings (SSSR count). The van der Waals surface area contributed by atoms with E-state index in [1.807, 2.05) is 26.0 Å². The normalized spacial score (nSPS) is 11.3. The van der Waals surface area contributed by atoms with Gasteiger partial charge in [-0.15, -0.1) is 0 Å². The quantitative estimate of drug-likeness (QED) is 0.338. The molecule has 0 saturated carbocycles. The number of nitrogens with zero attached hydrogens (tertiary/aromatic N) is 1. The van der Waals surface area contributed by atoms with Crippen molar-refractivity contribution < 1.29 is 27.4 Å². The summed E-state index contributed by atoms with van der Waals surface area (Å²) in [5, 5.41) is 11.1. The minimum atomic E-state index is -4.33. The number of phenolic OH excluding ortho intramolecular Hbond substituents is 1. The lowest BCUT2D eigenvalue weighted by Crippen LogP contribution is -2.32. The molecule has 6 nitrogen and oxygen atoms in total. The zero-order chi connectivity index (χ0) is 24.9. The Morgan fingerprint density at radius 1 is 0.912 bits per heavy atom. The molecule has 1 aromatic heterocycles. The van der Waals surface area contributed by atoms with E-state index in [0.29, 0.717) is 11.5 Å². The van der Waals surface area contributed by atoms with Gasteiger partial charge in [0.15, 0.2) is 0 Å². The monoisotopic (exact) mass is 477 g/mol. The van der Waals surface area contributed by atoms with E-state index in [9.17, 15) is 18.1 Å². The van der Waals surface area contributed by atoms with Crippen molar-refractivity contribution in [2.75, 3.05) is 7.11 Å². The van der Waals surface area contributed by atoms with Crippen molar-refractivity contribution in [2.45, 2.75) is 18.7 Å². The predicted molar refractivity (Wildman–Crippen MR) is 133 cm³/mol. The highest BCUT2D eigenvalue weighted by atomic mass is 32.2. The van der Waals surface area contributed by atoms with Crippen LogP contribution in [0.1, 0.15) is 22.4 Å². The molecule has 0 unspecified atom stereocenters. The maximum Gasteiger partial charge on any atom is 0.212 e. The van der Waals surface area contributed by atoms with E-state index in [1.54, 1.807) is 0 Å². The Morgan fingerprint density at radius 3 is 2.12 bits per heavy atom. The average Bonchev–Trinajstić information content (AvgIpc) is 2.82. The second-order valence-electron chi connectivity index (χ2n) is 7.84. The van der Waals surface area contributed by atoms with Crippen molar-refractivity contribution in [1.82, 2.24) is 0 Å². The van der Waals surface area contributed by atoms with Gasteiger partial charge in [0.25, 0.3) is 0 Å². The lowest BCUT2D eigenvalue weighted by Gasteiger charge is -2.06. The summed E-state index contributed by atoms with van der Waals surface area (Å²) >= 11 is 0. The molecular weight excluding hydrogens is 450 g/mol. The molecule has 0 aliphatic carbocycles. The summed E-state index contributed by atoms with van der Waals surface area (Å²) in [4.78, 5) is -0.247. The summed E-state index contributed by atoms with van der Waals surface area (Å²) in [6.07, 6.45) is 4.20. The van der Waals surface area contributed by atoms with Crippen LogP contribution in [-0.2, 0) is 17.2 Å². The molecular formula is C27H27NO5S. The van der Waals surface area contributed by atoms with Gasteiger partial charge in [0, 0.05) is 23.6 Å². The number of ether oxygens (including phenoxy) is 1. The van der Waals surface area contributed by atoms with Gasteiger partial charge in [-0.05, 0) is 85.1 Å². The Hall–Kier alpha value is -3.68. The lowest BCUT2D eigenvalue weighted by molar-refractivity contribution is -0.646. The van der Waals surface area contributed by atoms with E-state index in [-0.39, 0.29) is 4.90 Å². The highest BCUT2D eigenvalue weighted by molar-refractivity contribution is 7.85. The first-order valence-corrected chi connectivity index (χ1v) is 12.0. The van der Waals surface area contributed by atoms with Gasteiger partial charge in [-0.3, -0.25) is 0 Å². The van der Waals surface area contributed by atoms with Gasteiger partial charge in [0.1, 0.15) is 28.7 Å². The molecule has 0 saturated heterocycles. The molecule has 7 heteroatoms. The van der Waals surface area contributed by atoms with Crippen LogP contribution in [0.3, 0.4) is 0 Å². The molecule has 1 heterocycles. The number of pyridine rings is 1. The number of aromatic hydroxyl groups is 1. The van der Waals surface area contributed by atoms with E-state index >= 15 is 0 Å². The lowest BCUT2D eigenvalue weighted by atomic mass is 10.0. The van der Waals surface area contributed by atoms with Crippen LogP contribution in [0.4, 0.5) is 0 Å². The van der Waals surface area contributed by atoms with E-state index in [0.717, 1.165) is 22.4 Å². The maximum atomic E-state index is 10.4. The number of rotatable bonds is 4. The van der Waals surface area contributed by atoms with Gasteiger partial charge in [-0.1, -0.05) is 12.1 Å². The highest BCUT2D eigenvalue weighted by Gasteiger charge is 2.08. The molecule has 0 amide bonds. The average molecular weight is 478 g/mol. The van der Waals surface area contributed by atoms with Crippen LogP contribution in [-0.4, -0.2) is 25.2 Å². The van der Waals surface area contributed by atoms with Crippen molar-refractivity contribution in [1.29, 1.82) is 0 Å². The van der Waals surface area contributed by atoms with Gasteiger partial charge in [0.2, 0.25) is 11.2 Å². The van der Waals surface area contributed by atoms with Crippen LogP contribution >= 0.6 is 0 Å². The summed E-state index contributed by atoms with van der Waals surface area (Å²) in [5.74, 6) is 0.899. The molecule has 0 aliphatic heterocycles. The van der Waals surface area contributed by atoms with Gasteiger partial charge in [0.05, 0.1) is 12.0 Å². The minimum absolute atomic E-state index is 0.247. The van der Waals surface area contributed by atoms with Crippen LogP contribution in [0.5, 0.6) is 11.5 Å². The van der Waals surface area contributed by atoms with E-state index in [1.165, 1.54) is 42.3 Å². The van der Waals surface area contributed by atoms with Crippen molar-refractivity contribution >= 4 is 33.2 Å². The molecule has 4 aromatic rings. The minimum Gasteiger partial charge on any atom is -0.744 e.